The van der Waals surface area contributed by atoms with Crippen molar-refractivity contribution in [2.24, 2.45) is 0 Å². The average Bonchev–Trinajstić information content (AvgIpc) is 2.59. The fourth-order valence-corrected chi connectivity index (χ4v) is 1.60. The van der Waals surface area contributed by atoms with Crippen LogP contribution in [0, 0.1) is 0 Å². The Bertz CT molecular complexity index is 360. The number of hydrogen-bond acceptors (Lipinski definition) is 7. The van der Waals surface area contributed by atoms with Crippen LogP contribution >= 0.6 is 0 Å². The highest BCUT2D eigenvalue weighted by Crippen LogP contribution is 2.27. The fourth-order valence-electron chi connectivity index (χ4n) is 1.60. The number of cyclic esters (lactones) is 1. The lowest BCUT2D eigenvalue weighted by atomic mass is 10.0. The third kappa shape index (κ3) is 3.28. The Morgan fingerprint density at radius 3 is 2.61 bits per heavy atom. The molecule has 0 aromatic rings. The van der Waals surface area contributed by atoms with Crippen molar-refractivity contribution in [2.75, 3.05) is 21.0 Å². The molecule has 102 valence electrons. The number of rotatable bonds is 6. The number of methoxy groups -OCH3 is 2. The van der Waals surface area contributed by atoms with Gasteiger partial charge >= 0.3 is 11.9 Å². The Morgan fingerprint density at radius 2 is 2.17 bits per heavy atom. The van der Waals surface area contributed by atoms with Crippen molar-refractivity contribution in [3.8, 4) is 0 Å². The van der Waals surface area contributed by atoms with E-state index in [-0.39, 0.29) is 24.4 Å². The number of hydrogen-bond donors (Lipinski definition) is 1. The van der Waals surface area contributed by atoms with E-state index in [2.05, 4.69) is 9.47 Å². The molecule has 0 amide bonds. The number of ether oxygens (including phenoxy) is 4. The predicted octanol–water partition coefficient (Wildman–Crippen LogP) is -0.270. The number of esters is 2. The van der Waals surface area contributed by atoms with E-state index in [9.17, 15) is 14.7 Å². The zero-order valence-corrected chi connectivity index (χ0v) is 10.5. The van der Waals surface area contributed by atoms with Gasteiger partial charge in [0.25, 0.3) is 0 Å². The molecular formula is C11H16O7. The highest BCUT2D eigenvalue weighted by atomic mass is 16.7. The van der Waals surface area contributed by atoms with Gasteiger partial charge in [-0.2, -0.15) is 0 Å². The second-order valence-electron chi connectivity index (χ2n) is 3.68. The summed E-state index contributed by atoms with van der Waals surface area (Å²) in [6, 6.07) is 0. The standard InChI is InChI=1S/C11H16O7/c1-6-9(11(14)18-10(6)13)7(17-5-15-2)4-8(12)16-3/h7,11,14H,4-5H2,1-3H3/t7-,11?/m1/s1. The molecule has 0 bridgehead atoms. The maximum Gasteiger partial charge on any atom is 0.336 e. The minimum absolute atomic E-state index is 0.0840. The van der Waals surface area contributed by atoms with Crippen molar-refractivity contribution in [3.05, 3.63) is 11.1 Å². The van der Waals surface area contributed by atoms with Gasteiger partial charge in [-0.1, -0.05) is 0 Å². The highest BCUT2D eigenvalue weighted by Gasteiger charge is 2.36. The molecule has 7 nitrogen and oxygen atoms in total. The molecule has 0 saturated heterocycles. The van der Waals surface area contributed by atoms with Crippen LogP contribution in [-0.4, -0.2) is 50.5 Å². The Kier molecular flexibility index (Phi) is 5.26. The van der Waals surface area contributed by atoms with E-state index >= 15 is 0 Å². The molecule has 0 fully saturated rings. The van der Waals surface area contributed by atoms with E-state index in [1.807, 2.05) is 0 Å². The van der Waals surface area contributed by atoms with Crippen LogP contribution in [-0.2, 0) is 28.5 Å². The van der Waals surface area contributed by atoms with E-state index in [4.69, 9.17) is 9.47 Å². The van der Waals surface area contributed by atoms with Crippen LogP contribution in [0.4, 0.5) is 0 Å². The molecule has 1 N–H and O–H groups in total. The molecule has 1 aliphatic rings. The van der Waals surface area contributed by atoms with Crippen molar-refractivity contribution in [2.45, 2.75) is 25.7 Å². The lowest BCUT2D eigenvalue weighted by Gasteiger charge is -2.19. The van der Waals surface area contributed by atoms with E-state index in [1.54, 1.807) is 0 Å². The van der Waals surface area contributed by atoms with Crippen molar-refractivity contribution in [3.63, 3.8) is 0 Å². The third-order valence-electron chi connectivity index (χ3n) is 2.54. The molecule has 0 aromatic heterocycles. The quantitative estimate of drug-likeness (QED) is 0.519. The second-order valence-corrected chi connectivity index (χ2v) is 3.68. The summed E-state index contributed by atoms with van der Waals surface area (Å²) in [5, 5.41) is 9.61. The Balaban J connectivity index is 2.87. The molecule has 0 aromatic carbocycles. The molecule has 18 heavy (non-hydrogen) atoms. The molecule has 0 radical (unpaired) electrons. The second kappa shape index (κ2) is 6.48. The van der Waals surface area contributed by atoms with Crippen molar-refractivity contribution in [1.29, 1.82) is 0 Å². The van der Waals surface area contributed by atoms with Crippen molar-refractivity contribution < 1.29 is 33.6 Å². The van der Waals surface area contributed by atoms with Gasteiger partial charge in [0.05, 0.1) is 19.6 Å². The molecule has 7 heteroatoms. The maximum absolute atomic E-state index is 11.3. The van der Waals surface area contributed by atoms with Crippen LogP contribution in [0.5, 0.6) is 0 Å². The summed E-state index contributed by atoms with van der Waals surface area (Å²) >= 11 is 0. The molecule has 1 unspecified atom stereocenters. The fraction of sp³-hybridized carbons (Fsp3) is 0.636. The SMILES string of the molecule is COCO[C@H](CC(=O)OC)C1=C(C)C(=O)OC1O. The van der Waals surface area contributed by atoms with Gasteiger partial charge in [0, 0.05) is 18.3 Å². The van der Waals surface area contributed by atoms with Crippen molar-refractivity contribution in [1.82, 2.24) is 0 Å². The topological polar surface area (TPSA) is 91.3 Å². The first kappa shape index (κ1) is 14.6. The van der Waals surface area contributed by atoms with Gasteiger partial charge in [-0.25, -0.2) is 4.79 Å². The van der Waals surface area contributed by atoms with Gasteiger partial charge in [-0.05, 0) is 6.92 Å². The molecule has 1 heterocycles. The van der Waals surface area contributed by atoms with Crippen LogP contribution in [0.25, 0.3) is 0 Å². The first-order valence-corrected chi connectivity index (χ1v) is 5.28. The van der Waals surface area contributed by atoms with Gasteiger partial charge < -0.3 is 24.1 Å². The number of aliphatic hydroxyl groups excluding tert-OH is 1. The summed E-state index contributed by atoms with van der Waals surface area (Å²) in [6.45, 7) is 1.41. The summed E-state index contributed by atoms with van der Waals surface area (Å²) in [6.07, 6.45) is -2.36. The largest absolute Gasteiger partial charge is 0.469 e. The van der Waals surface area contributed by atoms with Gasteiger partial charge in [0.15, 0.2) is 0 Å². The van der Waals surface area contributed by atoms with E-state index in [0.717, 1.165) is 0 Å². The lowest BCUT2D eigenvalue weighted by Crippen LogP contribution is -2.27. The van der Waals surface area contributed by atoms with E-state index < -0.39 is 24.3 Å². The van der Waals surface area contributed by atoms with Gasteiger partial charge in [-0.3, -0.25) is 4.79 Å². The number of carbonyl (C=O) groups excluding carboxylic acids is 2. The normalized spacial score (nSPS) is 20.9. The van der Waals surface area contributed by atoms with Crippen LogP contribution in [0.1, 0.15) is 13.3 Å². The molecule has 1 aliphatic heterocycles. The minimum atomic E-state index is -1.40. The molecule has 0 spiro atoms. The monoisotopic (exact) mass is 260 g/mol. The Labute approximate surface area is 104 Å². The summed E-state index contributed by atoms with van der Waals surface area (Å²) in [5.74, 6) is -1.16. The van der Waals surface area contributed by atoms with Gasteiger partial charge in [0.2, 0.25) is 6.29 Å². The van der Waals surface area contributed by atoms with Crippen LogP contribution in [0.2, 0.25) is 0 Å². The number of aliphatic hydroxyl groups is 1. The molecule has 0 saturated carbocycles. The summed E-state index contributed by atoms with van der Waals surface area (Å²) in [4.78, 5) is 22.5. The lowest BCUT2D eigenvalue weighted by molar-refractivity contribution is -0.154. The Hall–Kier alpha value is -1.44. The zero-order valence-electron chi connectivity index (χ0n) is 10.5. The van der Waals surface area contributed by atoms with Crippen LogP contribution < -0.4 is 0 Å². The highest BCUT2D eigenvalue weighted by molar-refractivity contribution is 5.91. The van der Waals surface area contributed by atoms with Crippen LogP contribution in [0.15, 0.2) is 11.1 Å². The minimum Gasteiger partial charge on any atom is -0.469 e. The molecule has 1 rings (SSSR count). The first-order chi connectivity index (χ1) is 8.51. The predicted molar refractivity (Wildman–Crippen MR) is 58.2 cm³/mol. The average molecular weight is 260 g/mol. The summed E-state index contributed by atoms with van der Waals surface area (Å²) < 4.78 is 19.2. The summed E-state index contributed by atoms with van der Waals surface area (Å²) in [5.41, 5.74) is 0.454. The Morgan fingerprint density at radius 1 is 1.50 bits per heavy atom. The van der Waals surface area contributed by atoms with E-state index in [1.165, 1.54) is 21.1 Å². The van der Waals surface area contributed by atoms with Gasteiger partial charge in [0.1, 0.15) is 6.79 Å². The maximum atomic E-state index is 11.3. The summed E-state index contributed by atoms with van der Waals surface area (Å²) in [7, 11) is 2.66. The van der Waals surface area contributed by atoms with Crippen molar-refractivity contribution >= 4 is 11.9 Å². The smallest absolute Gasteiger partial charge is 0.336 e. The van der Waals surface area contributed by atoms with Gasteiger partial charge in [-0.15, -0.1) is 0 Å². The van der Waals surface area contributed by atoms with E-state index in [0.29, 0.717) is 0 Å². The van der Waals surface area contributed by atoms with Crippen LogP contribution in [0.3, 0.4) is 0 Å². The third-order valence-corrected chi connectivity index (χ3v) is 2.54. The number of carbonyl (C=O) groups is 2. The zero-order chi connectivity index (χ0) is 13.7. The molecule has 0 aliphatic carbocycles. The molecule has 2 atom stereocenters. The molecular weight excluding hydrogens is 244 g/mol. The first-order valence-electron chi connectivity index (χ1n) is 5.28.